The van der Waals surface area contributed by atoms with E-state index in [-0.39, 0.29) is 18.7 Å². The molecule has 0 spiro atoms. The van der Waals surface area contributed by atoms with Crippen molar-refractivity contribution in [3.63, 3.8) is 0 Å². The Bertz CT molecular complexity index is 636. The van der Waals surface area contributed by atoms with Gasteiger partial charge in [0, 0.05) is 30.4 Å². The molecule has 0 saturated heterocycles. The van der Waals surface area contributed by atoms with E-state index in [1.165, 1.54) is 13.2 Å². The lowest BCUT2D eigenvalue weighted by Gasteiger charge is -2.07. The van der Waals surface area contributed by atoms with Crippen LogP contribution in [0.5, 0.6) is 0 Å². The van der Waals surface area contributed by atoms with Crippen LogP contribution in [-0.4, -0.2) is 27.6 Å². The summed E-state index contributed by atoms with van der Waals surface area (Å²) in [5.74, 6) is 0.177. The first kappa shape index (κ1) is 13.7. The number of ether oxygens (including phenoxy) is 1. The van der Waals surface area contributed by atoms with Gasteiger partial charge in [0.2, 0.25) is 0 Å². The largest absolute Gasteiger partial charge is 0.468 e. The number of hydrogen-bond donors (Lipinski definition) is 0. The highest BCUT2D eigenvalue weighted by atomic mass is 16.6. The van der Waals surface area contributed by atoms with Gasteiger partial charge in [-0.25, -0.2) is 4.98 Å². The highest BCUT2D eigenvalue weighted by molar-refractivity contribution is 5.69. The Balaban J connectivity index is 2.25. The number of nitrogens with zero attached hydrogens (tertiary/aromatic N) is 3. The molecule has 1 aromatic heterocycles. The van der Waals surface area contributed by atoms with Gasteiger partial charge in [-0.3, -0.25) is 14.9 Å². The number of nitro groups is 1. The van der Waals surface area contributed by atoms with E-state index in [0.717, 1.165) is 0 Å². The molecule has 0 amide bonds. The van der Waals surface area contributed by atoms with Crippen molar-refractivity contribution in [3.05, 3.63) is 58.2 Å². The van der Waals surface area contributed by atoms with Gasteiger partial charge in [-0.05, 0) is 0 Å². The van der Waals surface area contributed by atoms with E-state index in [1.807, 2.05) is 0 Å². The Labute approximate surface area is 115 Å². The van der Waals surface area contributed by atoms with Crippen molar-refractivity contribution in [1.29, 1.82) is 0 Å². The van der Waals surface area contributed by atoms with Crippen LogP contribution in [0.1, 0.15) is 11.4 Å². The van der Waals surface area contributed by atoms with Gasteiger partial charge in [-0.2, -0.15) is 0 Å². The van der Waals surface area contributed by atoms with Gasteiger partial charge in [0.05, 0.1) is 12.0 Å². The van der Waals surface area contributed by atoms with Crippen LogP contribution in [-0.2, 0) is 22.5 Å². The zero-order valence-corrected chi connectivity index (χ0v) is 10.9. The second-order valence-electron chi connectivity index (χ2n) is 4.11. The smallest absolute Gasteiger partial charge is 0.325 e. The summed E-state index contributed by atoms with van der Waals surface area (Å²) in [5.41, 5.74) is 0.593. The number of carbonyl (C=O) groups excluding carboxylic acids is 1. The average molecular weight is 275 g/mol. The van der Waals surface area contributed by atoms with Crippen molar-refractivity contribution in [2.45, 2.75) is 13.0 Å². The molecule has 7 heteroatoms. The maximum atomic E-state index is 11.3. The normalized spacial score (nSPS) is 10.2. The van der Waals surface area contributed by atoms with Gasteiger partial charge < -0.3 is 9.30 Å². The molecular weight excluding hydrogens is 262 g/mol. The molecule has 0 aliphatic heterocycles. The molecule has 20 heavy (non-hydrogen) atoms. The number of rotatable bonds is 5. The fourth-order valence-corrected chi connectivity index (χ4v) is 1.86. The Morgan fingerprint density at radius 3 is 2.90 bits per heavy atom. The Kier molecular flexibility index (Phi) is 4.09. The minimum absolute atomic E-state index is 0.0342. The standard InChI is InChI=1S/C13H13N3O4/c1-20-13(17)9-15-7-6-14-12(15)8-10-4-2-3-5-11(10)16(18)19/h2-7H,8-9H2,1H3. The molecule has 7 nitrogen and oxygen atoms in total. The van der Waals surface area contributed by atoms with Gasteiger partial charge in [0.15, 0.2) is 0 Å². The molecule has 0 saturated carbocycles. The van der Waals surface area contributed by atoms with E-state index in [9.17, 15) is 14.9 Å². The van der Waals surface area contributed by atoms with Crippen LogP contribution in [0.25, 0.3) is 0 Å². The Hall–Kier alpha value is -2.70. The van der Waals surface area contributed by atoms with Crippen molar-refractivity contribution in [1.82, 2.24) is 9.55 Å². The van der Waals surface area contributed by atoms with E-state index in [4.69, 9.17) is 0 Å². The predicted molar refractivity (Wildman–Crippen MR) is 70.1 cm³/mol. The van der Waals surface area contributed by atoms with Crippen LogP contribution >= 0.6 is 0 Å². The number of aromatic nitrogens is 2. The van der Waals surface area contributed by atoms with Crippen LogP contribution in [0.4, 0.5) is 5.69 Å². The quantitative estimate of drug-likeness (QED) is 0.469. The van der Waals surface area contributed by atoms with E-state index < -0.39 is 10.9 Å². The SMILES string of the molecule is COC(=O)Cn1ccnc1Cc1ccccc1[N+](=O)[O-]. The van der Waals surface area contributed by atoms with Crippen molar-refractivity contribution < 1.29 is 14.5 Å². The summed E-state index contributed by atoms with van der Waals surface area (Å²) >= 11 is 0. The molecule has 0 N–H and O–H groups in total. The summed E-state index contributed by atoms with van der Waals surface area (Å²) in [4.78, 5) is 25.9. The van der Waals surface area contributed by atoms with Gasteiger partial charge in [0.1, 0.15) is 12.4 Å². The number of benzene rings is 1. The van der Waals surface area contributed by atoms with Crippen LogP contribution in [0.15, 0.2) is 36.7 Å². The minimum Gasteiger partial charge on any atom is -0.468 e. The van der Waals surface area contributed by atoms with E-state index in [2.05, 4.69) is 9.72 Å². The first-order chi connectivity index (χ1) is 9.61. The summed E-state index contributed by atoms with van der Waals surface area (Å²) in [5, 5.41) is 11.0. The molecule has 1 aromatic carbocycles. The summed E-state index contributed by atoms with van der Waals surface area (Å²) in [6.45, 7) is 0.0342. The summed E-state index contributed by atoms with van der Waals surface area (Å²) in [6, 6.07) is 6.47. The molecule has 0 fully saturated rings. The number of imidazole rings is 1. The molecule has 1 heterocycles. The molecule has 2 rings (SSSR count). The highest BCUT2D eigenvalue weighted by Gasteiger charge is 2.15. The second kappa shape index (κ2) is 5.96. The first-order valence-corrected chi connectivity index (χ1v) is 5.91. The molecule has 104 valence electrons. The zero-order chi connectivity index (χ0) is 14.5. The van der Waals surface area contributed by atoms with Crippen LogP contribution in [0.2, 0.25) is 0 Å². The predicted octanol–water partition coefficient (Wildman–Crippen LogP) is 1.56. The number of hydrogen-bond acceptors (Lipinski definition) is 5. The molecule has 0 bridgehead atoms. The van der Waals surface area contributed by atoms with Gasteiger partial charge in [0.25, 0.3) is 5.69 Å². The second-order valence-corrected chi connectivity index (χ2v) is 4.11. The van der Waals surface area contributed by atoms with Gasteiger partial charge in [-0.1, -0.05) is 18.2 Å². The van der Waals surface area contributed by atoms with Crippen molar-refractivity contribution in [2.24, 2.45) is 0 Å². The molecule has 0 unspecified atom stereocenters. The fourth-order valence-electron chi connectivity index (χ4n) is 1.86. The van der Waals surface area contributed by atoms with Crippen molar-refractivity contribution in [2.75, 3.05) is 7.11 Å². The van der Waals surface area contributed by atoms with Crippen LogP contribution < -0.4 is 0 Å². The molecule has 0 atom stereocenters. The molecule has 2 aromatic rings. The number of carbonyl (C=O) groups is 1. The third-order valence-corrected chi connectivity index (χ3v) is 2.87. The van der Waals surface area contributed by atoms with E-state index in [1.54, 1.807) is 35.2 Å². The summed E-state index contributed by atoms with van der Waals surface area (Å²) in [6.07, 6.45) is 3.47. The molecule has 0 aliphatic carbocycles. The van der Waals surface area contributed by atoms with Crippen LogP contribution in [0, 0.1) is 10.1 Å². The number of methoxy groups -OCH3 is 1. The van der Waals surface area contributed by atoms with Gasteiger partial charge in [-0.15, -0.1) is 0 Å². The third kappa shape index (κ3) is 3.00. The Morgan fingerprint density at radius 2 is 2.20 bits per heavy atom. The first-order valence-electron chi connectivity index (χ1n) is 5.91. The van der Waals surface area contributed by atoms with Crippen molar-refractivity contribution >= 4 is 11.7 Å². The van der Waals surface area contributed by atoms with E-state index >= 15 is 0 Å². The fraction of sp³-hybridized carbons (Fsp3) is 0.231. The molecule has 0 aliphatic rings. The lowest BCUT2D eigenvalue weighted by molar-refractivity contribution is -0.385. The number of esters is 1. The molecular formula is C13H13N3O4. The molecule has 0 radical (unpaired) electrons. The van der Waals surface area contributed by atoms with Gasteiger partial charge >= 0.3 is 5.97 Å². The Morgan fingerprint density at radius 1 is 1.45 bits per heavy atom. The summed E-state index contributed by atoms with van der Waals surface area (Å²) in [7, 11) is 1.31. The third-order valence-electron chi connectivity index (χ3n) is 2.87. The topological polar surface area (TPSA) is 87.3 Å². The maximum Gasteiger partial charge on any atom is 0.325 e. The minimum atomic E-state index is -0.428. The number of nitro benzene ring substituents is 1. The maximum absolute atomic E-state index is 11.3. The number of para-hydroxylation sites is 1. The lowest BCUT2D eigenvalue weighted by Crippen LogP contribution is -2.14. The highest BCUT2D eigenvalue weighted by Crippen LogP contribution is 2.20. The lowest BCUT2D eigenvalue weighted by atomic mass is 10.1. The van der Waals surface area contributed by atoms with Crippen molar-refractivity contribution in [3.8, 4) is 0 Å². The van der Waals surface area contributed by atoms with Crippen LogP contribution in [0.3, 0.4) is 0 Å². The summed E-state index contributed by atoms with van der Waals surface area (Å²) < 4.78 is 6.21. The van der Waals surface area contributed by atoms with E-state index in [0.29, 0.717) is 11.4 Å². The zero-order valence-electron chi connectivity index (χ0n) is 10.9. The average Bonchev–Trinajstić information content (AvgIpc) is 2.86. The monoisotopic (exact) mass is 275 g/mol.